The summed E-state index contributed by atoms with van der Waals surface area (Å²) in [5, 5.41) is 20.4. The number of ether oxygens (including phenoxy) is 2. The first-order valence-electron chi connectivity index (χ1n) is 11.9. The number of hydrogen-bond acceptors (Lipinski definition) is 5. The van der Waals surface area contributed by atoms with E-state index < -0.39 is 6.10 Å². The molecule has 0 amide bonds. The maximum atomic E-state index is 10.2. The molecule has 3 aromatic carbocycles. The molecular weight excluding hydrogens is 450 g/mol. The van der Waals surface area contributed by atoms with Gasteiger partial charge in [-0.1, -0.05) is 60.1 Å². The molecule has 2 heterocycles. The van der Waals surface area contributed by atoms with Gasteiger partial charge in [-0.2, -0.15) is 0 Å². The fraction of sp³-hybridized carbons (Fsp3) is 0.357. The lowest BCUT2D eigenvalue weighted by Gasteiger charge is -2.33. The van der Waals surface area contributed by atoms with Gasteiger partial charge in [-0.3, -0.25) is 0 Å². The summed E-state index contributed by atoms with van der Waals surface area (Å²) in [5.41, 5.74) is 5.51. The average molecular weight is 480 g/mol. The van der Waals surface area contributed by atoms with Gasteiger partial charge in [-0.05, 0) is 46.9 Å². The van der Waals surface area contributed by atoms with Gasteiger partial charge in [0.2, 0.25) is 0 Å². The Labute approximate surface area is 205 Å². The van der Waals surface area contributed by atoms with Crippen LogP contribution in [0.1, 0.15) is 41.2 Å². The summed E-state index contributed by atoms with van der Waals surface area (Å²) in [6, 6.07) is 22.7. The van der Waals surface area contributed by atoms with Crippen molar-refractivity contribution >= 4 is 17.3 Å². The molecule has 5 nitrogen and oxygen atoms in total. The van der Waals surface area contributed by atoms with Gasteiger partial charge in [-0.15, -0.1) is 0 Å². The number of benzene rings is 3. The number of hydrogen-bond donors (Lipinski definition) is 2. The number of anilines is 1. The molecule has 178 valence electrons. The van der Waals surface area contributed by atoms with E-state index in [4.69, 9.17) is 21.1 Å². The Morgan fingerprint density at radius 2 is 1.82 bits per heavy atom. The van der Waals surface area contributed by atoms with Crippen LogP contribution in [0, 0.1) is 0 Å². The smallest absolute Gasteiger partial charge is 0.142 e. The molecular formula is C28H30ClNO4. The minimum absolute atomic E-state index is 0.0926. The predicted molar refractivity (Wildman–Crippen MR) is 134 cm³/mol. The monoisotopic (exact) mass is 479 g/mol. The van der Waals surface area contributed by atoms with Crippen molar-refractivity contribution < 1.29 is 19.7 Å². The van der Waals surface area contributed by atoms with E-state index in [-0.39, 0.29) is 18.8 Å². The van der Waals surface area contributed by atoms with Crippen LogP contribution in [0.3, 0.4) is 0 Å². The lowest BCUT2D eigenvalue weighted by Crippen LogP contribution is -2.33. The van der Waals surface area contributed by atoms with Crippen molar-refractivity contribution in [3.05, 3.63) is 94.0 Å². The molecule has 6 heteroatoms. The van der Waals surface area contributed by atoms with E-state index in [2.05, 4.69) is 47.4 Å². The van der Waals surface area contributed by atoms with Crippen molar-refractivity contribution in [1.29, 1.82) is 0 Å². The third-order valence-electron chi connectivity index (χ3n) is 6.62. The van der Waals surface area contributed by atoms with Crippen LogP contribution >= 0.6 is 11.6 Å². The van der Waals surface area contributed by atoms with Crippen molar-refractivity contribution in [3.8, 4) is 5.75 Å². The van der Waals surface area contributed by atoms with E-state index in [0.717, 1.165) is 41.2 Å². The van der Waals surface area contributed by atoms with Crippen LogP contribution in [0.5, 0.6) is 5.75 Å². The lowest BCUT2D eigenvalue weighted by atomic mass is 9.94. The van der Waals surface area contributed by atoms with Crippen molar-refractivity contribution in [2.75, 3.05) is 24.7 Å². The molecule has 3 atom stereocenters. The highest BCUT2D eigenvalue weighted by Gasteiger charge is 2.29. The maximum Gasteiger partial charge on any atom is 0.142 e. The minimum atomic E-state index is -0.480. The Bertz CT molecular complexity index is 1120. The van der Waals surface area contributed by atoms with Gasteiger partial charge in [0.25, 0.3) is 0 Å². The zero-order valence-electron chi connectivity index (χ0n) is 19.1. The summed E-state index contributed by atoms with van der Waals surface area (Å²) in [5.74, 6) is 0.908. The quantitative estimate of drug-likeness (QED) is 0.526. The average Bonchev–Trinajstić information content (AvgIpc) is 2.86. The number of fused-ring (bicyclic) bond motifs is 1. The van der Waals surface area contributed by atoms with Gasteiger partial charge in [-0.25, -0.2) is 0 Å². The Kier molecular flexibility index (Phi) is 7.07. The first-order chi connectivity index (χ1) is 16.6. The Morgan fingerprint density at radius 3 is 2.65 bits per heavy atom. The number of aliphatic hydroxyl groups excluding tert-OH is 2. The number of nitrogens with zero attached hydrogens (tertiary/aromatic N) is 1. The van der Waals surface area contributed by atoms with Gasteiger partial charge in [0.1, 0.15) is 12.4 Å². The normalized spacial score (nSPS) is 22.2. The largest absolute Gasteiger partial charge is 0.490 e. The maximum absolute atomic E-state index is 10.2. The van der Waals surface area contributed by atoms with E-state index in [0.29, 0.717) is 30.9 Å². The fourth-order valence-electron chi connectivity index (χ4n) is 4.87. The standard InChI is InChI=1S/C28H30ClNO4/c29-25-8-7-21(28-16-23(32)15-24(18-31)34-28)14-22(25)12-20-6-9-27-26(13-20)30(10-11-33-27)17-19-4-2-1-3-5-19/h1-9,13-14,23-24,28,31-32H,10-12,15-18H2/t23-,24-,28+/m0/s1. The highest BCUT2D eigenvalue weighted by Crippen LogP contribution is 2.36. The highest BCUT2D eigenvalue weighted by molar-refractivity contribution is 6.31. The Balaban J connectivity index is 1.37. The second-order valence-electron chi connectivity index (χ2n) is 9.14. The Morgan fingerprint density at radius 1 is 0.971 bits per heavy atom. The zero-order valence-corrected chi connectivity index (χ0v) is 19.8. The highest BCUT2D eigenvalue weighted by atomic mass is 35.5. The van der Waals surface area contributed by atoms with E-state index in [1.807, 2.05) is 24.3 Å². The number of rotatable bonds is 6. The molecule has 3 aromatic rings. The van der Waals surface area contributed by atoms with Gasteiger partial charge in [0.05, 0.1) is 37.2 Å². The minimum Gasteiger partial charge on any atom is -0.490 e. The molecule has 1 saturated heterocycles. The molecule has 2 aliphatic heterocycles. The van der Waals surface area contributed by atoms with Crippen molar-refractivity contribution in [1.82, 2.24) is 0 Å². The van der Waals surface area contributed by atoms with E-state index >= 15 is 0 Å². The molecule has 0 unspecified atom stereocenters. The van der Waals surface area contributed by atoms with Gasteiger partial charge < -0.3 is 24.6 Å². The first-order valence-corrected chi connectivity index (χ1v) is 12.2. The third kappa shape index (κ3) is 5.23. The molecule has 0 radical (unpaired) electrons. The molecule has 0 bridgehead atoms. The van der Waals surface area contributed by atoms with Crippen LogP contribution < -0.4 is 9.64 Å². The summed E-state index contributed by atoms with van der Waals surface area (Å²) < 4.78 is 11.9. The van der Waals surface area contributed by atoms with E-state index in [1.165, 1.54) is 5.56 Å². The second kappa shape index (κ2) is 10.4. The summed E-state index contributed by atoms with van der Waals surface area (Å²) in [6.45, 7) is 2.26. The predicted octanol–water partition coefficient (Wildman–Crippen LogP) is 4.90. The molecule has 2 N–H and O–H groups in total. The van der Waals surface area contributed by atoms with Crippen LogP contribution in [0.25, 0.3) is 0 Å². The zero-order chi connectivity index (χ0) is 23.5. The van der Waals surface area contributed by atoms with Crippen LogP contribution in [-0.2, 0) is 17.7 Å². The molecule has 5 rings (SSSR count). The second-order valence-corrected chi connectivity index (χ2v) is 9.55. The molecule has 0 saturated carbocycles. The van der Waals surface area contributed by atoms with Crippen LogP contribution in [0.2, 0.25) is 5.02 Å². The first kappa shape index (κ1) is 23.2. The Hall–Kier alpha value is -2.57. The van der Waals surface area contributed by atoms with Crippen molar-refractivity contribution in [2.24, 2.45) is 0 Å². The van der Waals surface area contributed by atoms with Crippen molar-refractivity contribution in [2.45, 2.75) is 44.1 Å². The lowest BCUT2D eigenvalue weighted by molar-refractivity contribution is -0.113. The van der Waals surface area contributed by atoms with Gasteiger partial charge >= 0.3 is 0 Å². The number of aliphatic hydroxyl groups is 2. The van der Waals surface area contributed by atoms with Crippen LogP contribution in [0.4, 0.5) is 5.69 Å². The molecule has 34 heavy (non-hydrogen) atoms. The summed E-state index contributed by atoms with van der Waals surface area (Å²) in [7, 11) is 0. The third-order valence-corrected chi connectivity index (χ3v) is 6.99. The summed E-state index contributed by atoms with van der Waals surface area (Å²) in [4.78, 5) is 2.36. The molecule has 0 spiro atoms. The van der Waals surface area contributed by atoms with Crippen LogP contribution in [0.15, 0.2) is 66.7 Å². The molecule has 1 fully saturated rings. The molecule has 0 aliphatic carbocycles. The van der Waals surface area contributed by atoms with E-state index in [1.54, 1.807) is 0 Å². The topological polar surface area (TPSA) is 62.2 Å². The number of halogens is 1. The molecule has 0 aromatic heterocycles. The fourth-order valence-corrected chi connectivity index (χ4v) is 5.05. The molecule has 2 aliphatic rings. The summed E-state index contributed by atoms with van der Waals surface area (Å²) in [6.07, 6.45) is 0.579. The van der Waals surface area contributed by atoms with Gasteiger partial charge in [0, 0.05) is 24.4 Å². The van der Waals surface area contributed by atoms with E-state index in [9.17, 15) is 10.2 Å². The SMILES string of the molecule is OC[C@@H]1C[C@H](O)C[C@H](c2ccc(Cl)c(Cc3ccc4c(c3)N(Cc3ccccc3)CCO4)c2)O1. The van der Waals surface area contributed by atoms with Crippen molar-refractivity contribution in [3.63, 3.8) is 0 Å². The van der Waals surface area contributed by atoms with Gasteiger partial charge in [0.15, 0.2) is 0 Å². The van der Waals surface area contributed by atoms with Crippen LogP contribution in [-0.4, -0.2) is 42.2 Å². The summed E-state index contributed by atoms with van der Waals surface area (Å²) >= 11 is 6.58.